The predicted molar refractivity (Wildman–Crippen MR) is 105 cm³/mol. The van der Waals surface area contributed by atoms with E-state index in [1.165, 1.54) is 17.7 Å². The maximum atomic E-state index is 12.2. The van der Waals surface area contributed by atoms with Gasteiger partial charge in [0.25, 0.3) is 0 Å². The van der Waals surface area contributed by atoms with Crippen LogP contribution in [0.4, 0.5) is 13.2 Å². The van der Waals surface area contributed by atoms with Crippen LogP contribution in [-0.4, -0.2) is 6.36 Å². The Bertz CT molecular complexity index is 864. The van der Waals surface area contributed by atoms with Crippen LogP contribution in [0.5, 0.6) is 5.75 Å². The molecule has 0 spiro atoms. The monoisotopic (exact) mass is 372 g/mol. The van der Waals surface area contributed by atoms with Crippen LogP contribution in [0.25, 0.3) is 22.3 Å². The number of benzene rings is 3. The van der Waals surface area contributed by atoms with Gasteiger partial charge in [-0.1, -0.05) is 74.0 Å². The van der Waals surface area contributed by atoms with Gasteiger partial charge >= 0.3 is 6.36 Å². The summed E-state index contributed by atoms with van der Waals surface area (Å²) in [4.78, 5) is 0. The quantitative estimate of drug-likeness (QED) is 0.461. The highest BCUT2D eigenvalue weighted by Crippen LogP contribution is 2.31. The van der Waals surface area contributed by atoms with Crippen molar-refractivity contribution >= 4 is 0 Å². The van der Waals surface area contributed by atoms with Crippen LogP contribution in [0.1, 0.15) is 25.0 Å². The second-order valence-electron chi connectivity index (χ2n) is 5.97. The summed E-state index contributed by atoms with van der Waals surface area (Å²) < 4.78 is 40.6. The summed E-state index contributed by atoms with van der Waals surface area (Å²) in [5.41, 5.74) is 6.34. The highest BCUT2D eigenvalue weighted by molar-refractivity contribution is 5.73. The van der Waals surface area contributed by atoms with Gasteiger partial charge in [0.15, 0.2) is 0 Å². The molecule has 0 saturated carbocycles. The van der Waals surface area contributed by atoms with Crippen molar-refractivity contribution in [3.05, 3.63) is 77.9 Å². The Morgan fingerprint density at radius 3 is 1.70 bits per heavy atom. The lowest BCUT2D eigenvalue weighted by Crippen LogP contribution is -2.16. The molecule has 4 heteroatoms. The van der Waals surface area contributed by atoms with E-state index in [-0.39, 0.29) is 5.75 Å². The third kappa shape index (κ3) is 5.61. The van der Waals surface area contributed by atoms with Crippen LogP contribution < -0.4 is 4.74 Å². The number of ether oxygens (including phenoxy) is 1. The van der Waals surface area contributed by atoms with Gasteiger partial charge in [0.1, 0.15) is 5.75 Å². The number of rotatable bonds is 3. The first kappa shape index (κ1) is 20.6. The number of aryl methyl sites for hydroxylation is 2. The van der Waals surface area contributed by atoms with Crippen LogP contribution in [-0.2, 0) is 0 Å². The lowest BCUT2D eigenvalue weighted by Gasteiger charge is -2.12. The van der Waals surface area contributed by atoms with Crippen LogP contribution >= 0.6 is 0 Å². The Balaban J connectivity index is 0.00000126. The number of hydrogen-bond acceptors (Lipinski definition) is 1. The summed E-state index contributed by atoms with van der Waals surface area (Å²) in [7, 11) is 0. The van der Waals surface area contributed by atoms with Crippen molar-refractivity contribution in [2.24, 2.45) is 0 Å². The average molecular weight is 372 g/mol. The van der Waals surface area contributed by atoms with Crippen LogP contribution in [0.3, 0.4) is 0 Å². The topological polar surface area (TPSA) is 9.23 Å². The van der Waals surface area contributed by atoms with Gasteiger partial charge in [-0.05, 0) is 53.8 Å². The first-order valence-electron chi connectivity index (χ1n) is 8.86. The van der Waals surface area contributed by atoms with Crippen molar-refractivity contribution in [2.45, 2.75) is 34.1 Å². The van der Waals surface area contributed by atoms with Crippen molar-refractivity contribution in [1.82, 2.24) is 0 Å². The van der Waals surface area contributed by atoms with E-state index in [0.29, 0.717) is 0 Å². The van der Waals surface area contributed by atoms with Crippen molar-refractivity contribution in [3.63, 3.8) is 0 Å². The fourth-order valence-corrected chi connectivity index (χ4v) is 2.75. The zero-order valence-corrected chi connectivity index (χ0v) is 15.9. The average Bonchev–Trinajstić information content (AvgIpc) is 2.63. The molecule has 0 saturated heterocycles. The van der Waals surface area contributed by atoms with Gasteiger partial charge in [-0.25, -0.2) is 0 Å². The minimum absolute atomic E-state index is 0.217. The Hall–Kier alpha value is -2.75. The van der Waals surface area contributed by atoms with Crippen LogP contribution in [0.2, 0.25) is 0 Å². The molecule has 0 atom stereocenters. The Morgan fingerprint density at radius 1 is 0.667 bits per heavy atom. The van der Waals surface area contributed by atoms with Gasteiger partial charge in [-0.15, -0.1) is 13.2 Å². The second kappa shape index (κ2) is 8.76. The van der Waals surface area contributed by atoms with Crippen molar-refractivity contribution in [3.8, 4) is 28.0 Å². The highest BCUT2D eigenvalue weighted by Gasteiger charge is 2.30. The molecule has 0 bridgehead atoms. The van der Waals surface area contributed by atoms with Gasteiger partial charge in [0, 0.05) is 0 Å². The summed E-state index contributed by atoms with van der Waals surface area (Å²) in [6, 6.07) is 20.3. The lowest BCUT2D eigenvalue weighted by atomic mass is 9.95. The maximum absolute atomic E-state index is 12.2. The molecule has 27 heavy (non-hydrogen) atoms. The minimum atomic E-state index is -4.67. The van der Waals surface area contributed by atoms with E-state index in [0.717, 1.165) is 27.8 Å². The summed E-state index contributed by atoms with van der Waals surface area (Å²) in [5.74, 6) is -0.217. The Morgan fingerprint density at radius 2 is 1.19 bits per heavy atom. The molecule has 0 unspecified atom stereocenters. The molecule has 3 aromatic rings. The summed E-state index contributed by atoms with van der Waals surface area (Å²) in [6.45, 7) is 8.04. The van der Waals surface area contributed by atoms with Crippen molar-refractivity contribution in [1.29, 1.82) is 0 Å². The molecule has 3 aromatic carbocycles. The first-order valence-corrected chi connectivity index (χ1v) is 8.86. The normalized spacial score (nSPS) is 10.8. The third-order valence-electron chi connectivity index (χ3n) is 4.01. The van der Waals surface area contributed by atoms with E-state index in [4.69, 9.17) is 0 Å². The molecule has 3 rings (SSSR count). The Kier molecular flexibility index (Phi) is 6.67. The molecular formula is C23H23F3O. The molecule has 142 valence electrons. The molecule has 0 fully saturated rings. The van der Waals surface area contributed by atoms with Gasteiger partial charge in [-0.2, -0.15) is 0 Å². The lowest BCUT2D eigenvalue weighted by molar-refractivity contribution is -0.274. The van der Waals surface area contributed by atoms with E-state index in [1.807, 2.05) is 39.8 Å². The molecule has 1 nitrogen and oxygen atoms in total. The largest absolute Gasteiger partial charge is 0.573 e. The van der Waals surface area contributed by atoms with E-state index in [1.54, 1.807) is 12.1 Å². The molecule has 0 aliphatic heterocycles. The molecule has 0 radical (unpaired) electrons. The Labute approximate surface area is 158 Å². The van der Waals surface area contributed by atoms with Gasteiger partial charge < -0.3 is 4.74 Å². The zero-order valence-electron chi connectivity index (χ0n) is 15.9. The zero-order chi connectivity index (χ0) is 20.0. The molecule has 0 N–H and O–H groups in total. The standard InChI is InChI=1S/C21H17F3O.C2H6/c1-14-3-5-16(6-4-14)18-9-12-20(15(2)13-18)17-7-10-19(11-8-17)25-21(22,23)24;1-2/h3-13H,1-2H3;1-2H3. The van der Waals surface area contributed by atoms with E-state index >= 15 is 0 Å². The van der Waals surface area contributed by atoms with Crippen LogP contribution in [0, 0.1) is 13.8 Å². The fourth-order valence-electron chi connectivity index (χ4n) is 2.75. The molecule has 0 aliphatic rings. The van der Waals surface area contributed by atoms with E-state index in [9.17, 15) is 13.2 Å². The summed E-state index contributed by atoms with van der Waals surface area (Å²) in [5, 5.41) is 0. The minimum Gasteiger partial charge on any atom is -0.406 e. The molecule has 0 heterocycles. The smallest absolute Gasteiger partial charge is 0.406 e. The van der Waals surface area contributed by atoms with Gasteiger partial charge in [0.05, 0.1) is 0 Å². The van der Waals surface area contributed by atoms with Gasteiger partial charge in [0.2, 0.25) is 0 Å². The molecule has 0 aliphatic carbocycles. The third-order valence-corrected chi connectivity index (χ3v) is 4.01. The summed E-state index contributed by atoms with van der Waals surface area (Å²) in [6.07, 6.45) is -4.67. The fraction of sp³-hybridized carbons (Fsp3) is 0.217. The first-order chi connectivity index (χ1) is 12.8. The SMILES string of the molecule is CC.Cc1ccc(-c2ccc(-c3ccc(OC(F)(F)F)cc3)c(C)c2)cc1. The van der Waals surface area contributed by atoms with Crippen molar-refractivity contribution < 1.29 is 17.9 Å². The summed E-state index contributed by atoms with van der Waals surface area (Å²) >= 11 is 0. The van der Waals surface area contributed by atoms with E-state index in [2.05, 4.69) is 35.1 Å². The van der Waals surface area contributed by atoms with Crippen LogP contribution in [0.15, 0.2) is 66.7 Å². The van der Waals surface area contributed by atoms with Gasteiger partial charge in [-0.3, -0.25) is 0 Å². The highest BCUT2D eigenvalue weighted by atomic mass is 19.4. The molecule has 0 aromatic heterocycles. The second-order valence-corrected chi connectivity index (χ2v) is 5.97. The molecular weight excluding hydrogens is 349 g/mol. The number of hydrogen-bond donors (Lipinski definition) is 0. The maximum Gasteiger partial charge on any atom is 0.573 e. The van der Waals surface area contributed by atoms with Crippen molar-refractivity contribution in [2.75, 3.05) is 0 Å². The number of alkyl halides is 3. The predicted octanol–water partition coefficient (Wildman–Crippen LogP) is 7.56. The number of halogens is 3. The van der Waals surface area contributed by atoms with E-state index < -0.39 is 6.36 Å². The molecule has 0 amide bonds.